The molecule has 1 aliphatic rings. The fourth-order valence-corrected chi connectivity index (χ4v) is 2.57. The summed E-state index contributed by atoms with van der Waals surface area (Å²) >= 11 is 0. The highest BCUT2D eigenvalue weighted by molar-refractivity contribution is 5.78. The van der Waals surface area contributed by atoms with Gasteiger partial charge in [-0.1, -0.05) is 25.1 Å². The number of fused-ring (bicyclic) bond motifs is 1. The zero-order valence-electron chi connectivity index (χ0n) is 10.7. The molecular formula is C14H15N3O2. The van der Waals surface area contributed by atoms with Crippen LogP contribution in [-0.4, -0.2) is 34.1 Å². The molecule has 5 heteroatoms. The van der Waals surface area contributed by atoms with E-state index in [1.54, 1.807) is 6.20 Å². The van der Waals surface area contributed by atoms with Crippen LogP contribution in [0.5, 0.6) is 0 Å². The van der Waals surface area contributed by atoms with Crippen molar-refractivity contribution in [1.29, 1.82) is 0 Å². The van der Waals surface area contributed by atoms with E-state index in [4.69, 9.17) is 5.11 Å². The average molecular weight is 257 g/mol. The molecule has 1 aromatic heterocycles. The van der Waals surface area contributed by atoms with Crippen LogP contribution < -0.4 is 4.90 Å². The molecule has 5 nitrogen and oxygen atoms in total. The van der Waals surface area contributed by atoms with Gasteiger partial charge in [0.2, 0.25) is 5.95 Å². The number of hydrogen-bond donors (Lipinski definition) is 1. The summed E-state index contributed by atoms with van der Waals surface area (Å²) < 4.78 is 0. The molecule has 3 rings (SSSR count). The molecule has 0 spiro atoms. The van der Waals surface area contributed by atoms with E-state index >= 15 is 0 Å². The Labute approximate surface area is 110 Å². The average Bonchev–Trinajstić information content (AvgIpc) is 2.80. The van der Waals surface area contributed by atoms with E-state index in [1.807, 2.05) is 36.1 Å². The second kappa shape index (κ2) is 4.50. The van der Waals surface area contributed by atoms with Crippen molar-refractivity contribution in [3.63, 3.8) is 0 Å². The molecule has 98 valence electrons. The number of benzene rings is 1. The Balaban J connectivity index is 1.91. The van der Waals surface area contributed by atoms with Gasteiger partial charge in [0.05, 0.1) is 11.4 Å². The Hall–Kier alpha value is -2.17. The van der Waals surface area contributed by atoms with E-state index in [2.05, 4.69) is 9.97 Å². The van der Waals surface area contributed by atoms with Gasteiger partial charge in [-0.3, -0.25) is 4.79 Å². The first-order chi connectivity index (χ1) is 9.15. The number of rotatable bonds is 2. The van der Waals surface area contributed by atoms with Crippen molar-refractivity contribution in [2.45, 2.75) is 6.92 Å². The summed E-state index contributed by atoms with van der Waals surface area (Å²) in [5.74, 6) is -0.340. The predicted molar refractivity (Wildman–Crippen MR) is 72.0 cm³/mol. The van der Waals surface area contributed by atoms with Crippen LogP contribution in [0.3, 0.4) is 0 Å². The maximum Gasteiger partial charge on any atom is 0.308 e. The van der Waals surface area contributed by atoms with Gasteiger partial charge in [-0.05, 0) is 12.0 Å². The topological polar surface area (TPSA) is 66.3 Å². The monoisotopic (exact) mass is 257 g/mol. The van der Waals surface area contributed by atoms with Crippen molar-refractivity contribution in [3.8, 4) is 0 Å². The molecule has 1 aliphatic heterocycles. The summed E-state index contributed by atoms with van der Waals surface area (Å²) in [4.78, 5) is 21.9. The number of anilines is 1. The molecule has 0 saturated carbocycles. The Morgan fingerprint density at radius 3 is 2.89 bits per heavy atom. The molecule has 0 amide bonds. The summed E-state index contributed by atoms with van der Waals surface area (Å²) in [6.45, 7) is 3.13. The lowest BCUT2D eigenvalue weighted by molar-refractivity contribution is -0.142. The van der Waals surface area contributed by atoms with Gasteiger partial charge in [0.1, 0.15) is 0 Å². The van der Waals surface area contributed by atoms with Crippen LogP contribution in [0.1, 0.15) is 6.92 Å². The van der Waals surface area contributed by atoms with Crippen LogP contribution in [0.15, 0.2) is 30.5 Å². The molecule has 2 atom stereocenters. The van der Waals surface area contributed by atoms with Gasteiger partial charge in [-0.25, -0.2) is 9.97 Å². The van der Waals surface area contributed by atoms with Crippen LogP contribution in [0.4, 0.5) is 5.95 Å². The summed E-state index contributed by atoms with van der Waals surface area (Å²) in [6.07, 6.45) is 1.79. The lowest BCUT2D eigenvalue weighted by Gasteiger charge is -2.15. The van der Waals surface area contributed by atoms with Crippen LogP contribution in [0.2, 0.25) is 0 Å². The number of hydrogen-bond acceptors (Lipinski definition) is 4. The van der Waals surface area contributed by atoms with Crippen molar-refractivity contribution in [3.05, 3.63) is 30.5 Å². The summed E-state index contributed by atoms with van der Waals surface area (Å²) in [5.41, 5.74) is 0.888. The number of para-hydroxylation sites is 1. The molecule has 1 aromatic carbocycles. The fourth-order valence-electron chi connectivity index (χ4n) is 2.57. The van der Waals surface area contributed by atoms with Crippen molar-refractivity contribution in [2.24, 2.45) is 11.8 Å². The van der Waals surface area contributed by atoms with Gasteiger partial charge in [-0.2, -0.15) is 0 Å². The molecule has 1 fully saturated rings. The third-order valence-electron chi connectivity index (χ3n) is 3.69. The molecule has 19 heavy (non-hydrogen) atoms. The van der Waals surface area contributed by atoms with E-state index in [9.17, 15) is 4.79 Å². The van der Waals surface area contributed by atoms with Crippen LogP contribution in [0.25, 0.3) is 10.9 Å². The molecular weight excluding hydrogens is 242 g/mol. The van der Waals surface area contributed by atoms with Gasteiger partial charge >= 0.3 is 5.97 Å². The first kappa shape index (κ1) is 11.9. The highest BCUT2D eigenvalue weighted by Gasteiger charge is 2.35. The highest BCUT2D eigenvalue weighted by atomic mass is 16.4. The fraction of sp³-hybridized carbons (Fsp3) is 0.357. The van der Waals surface area contributed by atoms with Gasteiger partial charge in [0, 0.05) is 24.7 Å². The molecule has 0 bridgehead atoms. The molecule has 0 aliphatic carbocycles. The van der Waals surface area contributed by atoms with E-state index in [0.29, 0.717) is 19.0 Å². The summed E-state index contributed by atoms with van der Waals surface area (Å²) in [6, 6.07) is 7.79. The van der Waals surface area contributed by atoms with Crippen molar-refractivity contribution < 1.29 is 9.90 Å². The van der Waals surface area contributed by atoms with Gasteiger partial charge in [0.15, 0.2) is 0 Å². The maximum absolute atomic E-state index is 11.1. The standard InChI is InChI=1S/C14H15N3O2/c1-9-7-17(8-11(9)13(18)19)14-15-6-10-4-2-3-5-12(10)16-14/h2-6,9,11H,7-8H2,1H3,(H,18,19)/t9-,11-/m1/s1. The minimum atomic E-state index is -0.740. The zero-order chi connectivity index (χ0) is 13.4. The van der Waals surface area contributed by atoms with E-state index < -0.39 is 5.97 Å². The predicted octanol–water partition coefficient (Wildman–Crippen LogP) is 1.79. The number of carboxylic acid groups (broad SMARTS) is 1. The number of carboxylic acids is 1. The first-order valence-corrected chi connectivity index (χ1v) is 6.34. The van der Waals surface area contributed by atoms with E-state index in [0.717, 1.165) is 10.9 Å². The zero-order valence-corrected chi connectivity index (χ0v) is 10.7. The number of carbonyl (C=O) groups is 1. The summed E-state index contributed by atoms with van der Waals surface area (Å²) in [7, 11) is 0. The van der Waals surface area contributed by atoms with Crippen molar-refractivity contribution >= 4 is 22.8 Å². The SMILES string of the molecule is C[C@@H]1CN(c2ncc3ccccc3n2)C[C@H]1C(=O)O. The Kier molecular flexibility index (Phi) is 2.81. The lowest BCUT2D eigenvalue weighted by Crippen LogP contribution is -2.24. The van der Waals surface area contributed by atoms with Crippen molar-refractivity contribution in [1.82, 2.24) is 9.97 Å². The lowest BCUT2D eigenvalue weighted by atomic mass is 9.99. The van der Waals surface area contributed by atoms with Gasteiger partial charge in [0.25, 0.3) is 0 Å². The first-order valence-electron chi connectivity index (χ1n) is 6.34. The second-order valence-corrected chi connectivity index (χ2v) is 5.06. The van der Waals surface area contributed by atoms with Crippen LogP contribution >= 0.6 is 0 Å². The molecule has 2 heterocycles. The smallest absolute Gasteiger partial charge is 0.308 e. The maximum atomic E-state index is 11.1. The Bertz CT molecular complexity index is 629. The van der Waals surface area contributed by atoms with Crippen molar-refractivity contribution in [2.75, 3.05) is 18.0 Å². The van der Waals surface area contributed by atoms with Crippen LogP contribution in [0, 0.1) is 11.8 Å². The molecule has 0 unspecified atom stereocenters. The van der Waals surface area contributed by atoms with E-state index in [-0.39, 0.29) is 11.8 Å². The molecule has 1 N–H and O–H groups in total. The van der Waals surface area contributed by atoms with Gasteiger partial charge < -0.3 is 10.0 Å². The molecule has 1 saturated heterocycles. The minimum absolute atomic E-state index is 0.118. The summed E-state index contributed by atoms with van der Waals surface area (Å²) in [5, 5.41) is 10.1. The quantitative estimate of drug-likeness (QED) is 0.888. The number of aromatic nitrogens is 2. The third-order valence-corrected chi connectivity index (χ3v) is 3.69. The Morgan fingerprint density at radius 2 is 2.16 bits per heavy atom. The molecule has 2 aromatic rings. The third kappa shape index (κ3) is 2.12. The highest BCUT2D eigenvalue weighted by Crippen LogP contribution is 2.26. The van der Waals surface area contributed by atoms with E-state index in [1.165, 1.54) is 0 Å². The minimum Gasteiger partial charge on any atom is -0.481 e. The molecule has 0 radical (unpaired) electrons. The normalized spacial score (nSPS) is 22.9. The Morgan fingerprint density at radius 1 is 1.37 bits per heavy atom. The van der Waals surface area contributed by atoms with Crippen LogP contribution in [-0.2, 0) is 4.79 Å². The van der Waals surface area contributed by atoms with Gasteiger partial charge in [-0.15, -0.1) is 0 Å². The number of aliphatic carboxylic acids is 1. The number of nitrogens with zero attached hydrogens (tertiary/aromatic N) is 3. The largest absolute Gasteiger partial charge is 0.481 e. The second-order valence-electron chi connectivity index (χ2n) is 5.06.